The monoisotopic (exact) mass is 212 g/mol. The third kappa shape index (κ3) is 2.08. The van der Waals surface area contributed by atoms with Gasteiger partial charge in [0.15, 0.2) is 0 Å². The van der Waals surface area contributed by atoms with E-state index in [9.17, 15) is 10.1 Å². The van der Waals surface area contributed by atoms with Gasteiger partial charge >= 0.3 is 0 Å². The summed E-state index contributed by atoms with van der Waals surface area (Å²) in [6, 6.07) is 15.4. The van der Waals surface area contributed by atoms with Crippen LogP contribution in [0.25, 0.3) is 11.1 Å². The molecule has 0 aliphatic carbocycles. The molecule has 0 saturated carbocycles. The van der Waals surface area contributed by atoms with E-state index >= 15 is 0 Å². The van der Waals surface area contributed by atoms with Gasteiger partial charge in [-0.25, -0.2) is 0 Å². The molecule has 0 heterocycles. The molecule has 16 heavy (non-hydrogen) atoms. The molecule has 2 rings (SSSR count). The Balaban J connectivity index is 2.38. The number of nitrogens with zero attached hydrogens (tertiary/aromatic N) is 1. The lowest BCUT2D eigenvalue weighted by atomic mass is 10.0. The van der Waals surface area contributed by atoms with E-state index in [1.54, 1.807) is 12.1 Å². The van der Waals surface area contributed by atoms with Gasteiger partial charge in [0.05, 0.1) is 4.92 Å². The van der Waals surface area contributed by atoms with Crippen LogP contribution in [0, 0.1) is 23.1 Å². The molecule has 2 aromatic rings. The largest absolute Gasteiger partial charge is 0.269 e. The smallest absolute Gasteiger partial charge is 0.258 e. The van der Waals surface area contributed by atoms with Crippen molar-refractivity contribution in [2.45, 2.75) is 6.92 Å². The van der Waals surface area contributed by atoms with Crippen LogP contribution in [0.15, 0.2) is 42.5 Å². The van der Waals surface area contributed by atoms with Gasteiger partial charge in [-0.1, -0.05) is 18.2 Å². The van der Waals surface area contributed by atoms with Crippen molar-refractivity contribution in [3.63, 3.8) is 0 Å². The fourth-order valence-corrected chi connectivity index (χ4v) is 1.54. The Bertz CT molecular complexity index is 518. The van der Waals surface area contributed by atoms with Gasteiger partial charge in [-0.3, -0.25) is 10.1 Å². The summed E-state index contributed by atoms with van der Waals surface area (Å²) in [5, 5.41) is 10.5. The summed E-state index contributed by atoms with van der Waals surface area (Å²) in [4.78, 5) is 10.1. The zero-order valence-electron chi connectivity index (χ0n) is 8.81. The lowest BCUT2D eigenvalue weighted by Crippen LogP contribution is -1.87. The van der Waals surface area contributed by atoms with Gasteiger partial charge < -0.3 is 0 Å². The Kier molecular flexibility index (Phi) is 2.68. The minimum absolute atomic E-state index is 0.114. The maximum Gasteiger partial charge on any atom is 0.269 e. The van der Waals surface area contributed by atoms with Crippen LogP contribution in [0.3, 0.4) is 0 Å². The molecule has 0 aliphatic heterocycles. The number of hydrogen-bond acceptors (Lipinski definition) is 2. The second-order valence-electron chi connectivity index (χ2n) is 3.56. The molecule has 3 heteroatoms. The fraction of sp³-hybridized carbons (Fsp3) is 0.0769. The number of aryl methyl sites for hydroxylation is 1. The Labute approximate surface area is 93.5 Å². The number of rotatable bonds is 2. The molecule has 79 valence electrons. The first-order valence-corrected chi connectivity index (χ1v) is 4.90. The molecule has 0 aromatic heterocycles. The van der Waals surface area contributed by atoms with Crippen LogP contribution in [-0.4, -0.2) is 4.92 Å². The summed E-state index contributed by atoms with van der Waals surface area (Å²) >= 11 is 0. The van der Waals surface area contributed by atoms with Gasteiger partial charge in [0.1, 0.15) is 0 Å². The quantitative estimate of drug-likeness (QED) is 0.565. The molecular weight excluding hydrogens is 202 g/mol. The van der Waals surface area contributed by atoms with Crippen LogP contribution in [0.2, 0.25) is 0 Å². The predicted molar refractivity (Wildman–Crippen MR) is 62.1 cm³/mol. The fourth-order valence-electron chi connectivity index (χ4n) is 1.54. The average Bonchev–Trinajstić information content (AvgIpc) is 2.29. The topological polar surface area (TPSA) is 43.1 Å². The van der Waals surface area contributed by atoms with Crippen molar-refractivity contribution in [2.75, 3.05) is 0 Å². The van der Waals surface area contributed by atoms with E-state index < -0.39 is 4.92 Å². The van der Waals surface area contributed by atoms with E-state index in [2.05, 4.69) is 6.07 Å². The summed E-state index contributed by atoms with van der Waals surface area (Å²) < 4.78 is 0. The third-order valence-corrected chi connectivity index (χ3v) is 2.36. The minimum Gasteiger partial charge on any atom is -0.258 e. The van der Waals surface area contributed by atoms with E-state index in [0.29, 0.717) is 0 Å². The molecule has 0 spiro atoms. The first kappa shape index (κ1) is 10.4. The van der Waals surface area contributed by atoms with Crippen LogP contribution in [0.4, 0.5) is 5.69 Å². The second-order valence-corrected chi connectivity index (χ2v) is 3.56. The van der Waals surface area contributed by atoms with E-state index in [1.165, 1.54) is 12.1 Å². The van der Waals surface area contributed by atoms with Gasteiger partial charge in [-0.15, -0.1) is 0 Å². The number of nitro groups is 1. The summed E-state index contributed by atoms with van der Waals surface area (Å²) in [6.45, 7) is 1.97. The molecule has 1 radical (unpaired) electrons. The van der Waals surface area contributed by atoms with Crippen LogP contribution >= 0.6 is 0 Å². The molecule has 0 unspecified atom stereocenters. The van der Waals surface area contributed by atoms with Gasteiger partial charge in [0.2, 0.25) is 0 Å². The second kappa shape index (κ2) is 4.14. The number of nitro benzene ring substituents is 1. The first-order valence-electron chi connectivity index (χ1n) is 4.90. The molecule has 0 amide bonds. The lowest BCUT2D eigenvalue weighted by molar-refractivity contribution is -0.384. The van der Waals surface area contributed by atoms with Crippen molar-refractivity contribution >= 4 is 5.69 Å². The van der Waals surface area contributed by atoms with E-state index in [4.69, 9.17) is 0 Å². The summed E-state index contributed by atoms with van der Waals surface area (Å²) in [5.74, 6) is 0. The Hall–Kier alpha value is -2.16. The molecule has 0 atom stereocenters. The van der Waals surface area contributed by atoms with Crippen molar-refractivity contribution in [3.8, 4) is 11.1 Å². The van der Waals surface area contributed by atoms with E-state index in [-0.39, 0.29) is 5.69 Å². The van der Waals surface area contributed by atoms with Gasteiger partial charge in [0.25, 0.3) is 5.69 Å². The standard InChI is InChI=1S/C13H10NO2/c1-10-3-2-4-12(9-10)11-5-7-13(8-6-11)14(15)16/h2,4-9H,1H3. The summed E-state index contributed by atoms with van der Waals surface area (Å²) in [7, 11) is 0. The van der Waals surface area contributed by atoms with Gasteiger partial charge in [-0.2, -0.15) is 0 Å². The highest BCUT2D eigenvalue weighted by Crippen LogP contribution is 2.22. The highest BCUT2D eigenvalue weighted by atomic mass is 16.6. The maximum atomic E-state index is 10.5. The Morgan fingerprint density at radius 1 is 1.12 bits per heavy atom. The summed E-state index contributed by atoms with van der Waals surface area (Å²) in [6.07, 6.45) is 0. The normalized spacial score (nSPS) is 10.1. The average molecular weight is 212 g/mol. The number of hydrogen-bond donors (Lipinski definition) is 0. The van der Waals surface area contributed by atoms with Crippen molar-refractivity contribution in [1.82, 2.24) is 0 Å². The minimum atomic E-state index is -0.395. The van der Waals surface area contributed by atoms with Crippen LogP contribution in [-0.2, 0) is 0 Å². The van der Waals surface area contributed by atoms with Crippen LogP contribution in [0.5, 0.6) is 0 Å². The van der Waals surface area contributed by atoms with Crippen LogP contribution in [0.1, 0.15) is 5.56 Å². The van der Waals surface area contributed by atoms with Gasteiger partial charge in [0, 0.05) is 12.1 Å². The Morgan fingerprint density at radius 3 is 2.38 bits per heavy atom. The van der Waals surface area contributed by atoms with Crippen molar-refractivity contribution < 1.29 is 4.92 Å². The first-order chi connectivity index (χ1) is 7.66. The molecule has 0 aliphatic rings. The van der Waals surface area contributed by atoms with E-state index in [0.717, 1.165) is 16.7 Å². The number of non-ortho nitro benzene ring substituents is 1. The SMILES string of the molecule is Cc1[c]ccc(-c2ccc([N+](=O)[O-])cc2)c1. The van der Waals surface area contributed by atoms with Crippen molar-refractivity contribution in [2.24, 2.45) is 0 Å². The molecule has 3 nitrogen and oxygen atoms in total. The highest BCUT2D eigenvalue weighted by Gasteiger charge is 2.04. The van der Waals surface area contributed by atoms with Crippen molar-refractivity contribution in [3.05, 3.63) is 64.2 Å². The maximum absolute atomic E-state index is 10.5. The predicted octanol–water partition coefficient (Wildman–Crippen LogP) is 3.37. The molecule has 0 bridgehead atoms. The van der Waals surface area contributed by atoms with Gasteiger partial charge in [-0.05, 0) is 41.8 Å². The summed E-state index contributed by atoms with van der Waals surface area (Å²) in [5.41, 5.74) is 3.19. The van der Waals surface area contributed by atoms with Crippen LogP contribution < -0.4 is 0 Å². The zero-order valence-corrected chi connectivity index (χ0v) is 8.81. The Morgan fingerprint density at radius 2 is 1.81 bits per heavy atom. The molecule has 0 N–H and O–H groups in total. The third-order valence-electron chi connectivity index (χ3n) is 2.36. The number of benzene rings is 2. The molecular formula is C13H10NO2. The highest BCUT2D eigenvalue weighted by molar-refractivity contribution is 5.65. The molecule has 2 aromatic carbocycles. The van der Waals surface area contributed by atoms with Crippen molar-refractivity contribution in [1.29, 1.82) is 0 Å². The lowest BCUT2D eigenvalue weighted by Gasteiger charge is -2.01. The molecule has 0 saturated heterocycles. The van der Waals surface area contributed by atoms with E-state index in [1.807, 2.05) is 25.1 Å². The molecule has 0 fully saturated rings. The zero-order chi connectivity index (χ0) is 11.5.